The zero-order valence-corrected chi connectivity index (χ0v) is 20.1. The Bertz CT molecular complexity index is 1220. The molecule has 3 atom stereocenters. The summed E-state index contributed by atoms with van der Waals surface area (Å²) in [5.41, 5.74) is 3.98. The van der Waals surface area contributed by atoms with Crippen LogP contribution in [-0.4, -0.2) is 19.3 Å². The minimum atomic E-state index is -0.610. The maximum Gasteiger partial charge on any atom is 0.188 e. The predicted molar refractivity (Wildman–Crippen MR) is 138 cm³/mol. The molecule has 0 fully saturated rings. The fourth-order valence-corrected chi connectivity index (χ4v) is 4.26. The summed E-state index contributed by atoms with van der Waals surface area (Å²) in [6.45, 7) is 5.35. The lowest BCUT2D eigenvalue weighted by Gasteiger charge is -2.35. The third-order valence-corrected chi connectivity index (χ3v) is 6.03. The number of benzene rings is 3. The molecular formula is C31H30O5. The molecule has 2 heterocycles. The van der Waals surface area contributed by atoms with Crippen molar-refractivity contribution in [1.29, 1.82) is 0 Å². The van der Waals surface area contributed by atoms with Crippen LogP contribution in [0.3, 0.4) is 0 Å². The number of ether oxygens (including phenoxy) is 4. The van der Waals surface area contributed by atoms with Gasteiger partial charge >= 0.3 is 0 Å². The highest BCUT2D eigenvalue weighted by molar-refractivity contribution is 5.59. The average Bonchev–Trinajstić information content (AvgIpc) is 3.39. The van der Waals surface area contributed by atoms with E-state index in [1.165, 1.54) is 0 Å². The number of fused-ring (bicyclic) bond motifs is 1. The Morgan fingerprint density at radius 2 is 1.42 bits per heavy atom. The van der Waals surface area contributed by atoms with E-state index in [-0.39, 0.29) is 0 Å². The van der Waals surface area contributed by atoms with Gasteiger partial charge in [-0.05, 0) is 17.2 Å². The van der Waals surface area contributed by atoms with Crippen molar-refractivity contribution in [1.82, 2.24) is 0 Å². The normalized spacial score (nSPS) is 19.1. The summed E-state index contributed by atoms with van der Waals surface area (Å²) in [6.07, 6.45) is 0.216. The van der Waals surface area contributed by atoms with Gasteiger partial charge in [0.25, 0.3) is 0 Å². The van der Waals surface area contributed by atoms with E-state index in [1.54, 1.807) is 6.08 Å². The Balaban J connectivity index is 1.43. The second-order valence-corrected chi connectivity index (χ2v) is 8.64. The largest absolute Gasteiger partial charge is 0.458 e. The van der Waals surface area contributed by atoms with E-state index < -0.39 is 18.5 Å². The summed E-state index contributed by atoms with van der Waals surface area (Å²) >= 11 is 0. The monoisotopic (exact) mass is 482 g/mol. The van der Waals surface area contributed by atoms with Gasteiger partial charge in [-0.1, -0.05) is 97.1 Å². The van der Waals surface area contributed by atoms with E-state index >= 15 is 0 Å². The predicted octanol–water partition coefficient (Wildman–Crippen LogP) is 7.02. The van der Waals surface area contributed by atoms with Crippen LogP contribution in [0.15, 0.2) is 114 Å². The summed E-state index contributed by atoms with van der Waals surface area (Å²) in [5, 5.41) is 0. The minimum absolute atomic E-state index is 0.323. The topological polar surface area (TPSA) is 50.1 Å². The molecule has 36 heavy (non-hydrogen) atoms. The molecule has 0 amide bonds. The van der Waals surface area contributed by atoms with Crippen LogP contribution in [0.4, 0.5) is 0 Å². The zero-order valence-electron chi connectivity index (χ0n) is 20.1. The minimum Gasteiger partial charge on any atom is -0.458 e. The number of rotatable bonds is 11. The van der Waals surface area contributed by atoms with E-state index in [2.05, 4.69) is 6.58 Å². The molecule has 0 unspecified atom stereocenters. The molecule has 0 N–H and O–H groups in total. The average molecular weight is 483 g/mol. The van der Waals surface area contributed by atoms with E-state index in [4.69, 9.17) is 23.4 Å². The summed E-state index contributed by atoms with van der Waals surface area (Å²) in [4.78, 5) is 0. The molecule has 1 aliphatic rings. The molecule has 5 nitrogen and oxygen atoms in total. The van der Waals surface area contributed by atoms with Gasteiger partial charge in [-0.15, -0.1) is 6.58 Å². The highest BCUT2D eigenvalue weighted by Gasteiger charge is 2.41. The molecule has 0 saturated heterocycles. The lowest BCUT2D eigenvalue weighted by Crippen LogP contribution is -2.36. The smallest absolute Gasteiger partial charge is 0.188 e. The maximum atomic E-state index is 6.44. The van der Waals surface area contributed by atoms with Gasteiger partial charge in [-0.3, -0.25) is 0 Å². The van der Waals surface area contributed by atoms with Crippen LogP contribution >= 0.6 is 0 Å². The van der Waals surface area contributed by atoms with Crippen molar-refractivity contribution < 1.29 is 23.4 Å². The van der Waals surface area contributed by atoms with Gasteiger partial charge in [0.1, 0.15) is 23.7 Å². The van der Waals surface area contributed by atoms with E-state index in [9.17, 15) is 0 Å². The Morgan fingerprint density at radius 3 is 2.08 bits per heavy atom. The number of furan rings is 1. The van der Waals surface area contributed by atoms with Crippen molar-refractivity contribution in [3.05, 3.63) is 132 Å². The van der Waals surface area contributed by atoms with Crippen LogP contribution in [0, 0.1) is 0 Å². The van der Waals surface area contributed by atoms with Crippen LogP contribution in [0.25, 0.3) is 11.3 Å². The Hall–Kier alpha value is -3.48. The van der Waals surface area contributed by atoms with Gasteiger partial charge < -0.3 is 23.4 Å². The molecule has 4 aromatic rings. The van der Waals surface area contributed by atoms with Crippen molar-refractivity contribution in [3.8, 4) is 11.3 Å². The molecule has 5 rings (SSSR count). The molecule has 5 heteroatoms. The molecule has 1 aliphatic heterocycles. The fraction of sp³-hybridized carbons (Fsp3) is 0.226. The zero-order chi connectivity index (χ0) is 24.6. The van der Waals surface area contributed by atoms with Crippen LogP contribution in [-0.2, 0) is 32.2 Å². The first-order chi connectivity index (χ1) is 17.8. The third-order valence-electron chi connectivity index (χ3n) is 6.03. The van der Waals surface area contributed by atoms with E-state index in [1.807, 2.05) is 97.1 Å². The second-order valence-electron chi connectivity index (χ2n) is 8.64. The van der Waals surface area contributed by atoms with Gasteiger partial charge in [0.05, 0.1) is 32.0 Å². The van der Waals surface area contributed by atoms with Gasteiger partial charge in [0.15, 0.2) is 6.29 Å². The maximum absolute atomic E-state index is 6.44. The van der Waals surface area contributed by atoms with Crippen molar-refractivity contribution in [3.63, 3.8) is 0 Å². The molecule has 184 valence electrons. The summed E-state index contributed by atoms with van der Waals surface area (Å²) in [7, 11) is 0. The van der Waals surface area contributed by atoms with Gasteiger partial charge in [-0.2, -0.15) is 0 Å². The molecular weight excluding hydrogens is 452 g/mol. The Kier molecular flexibility index (Phi) is 8.06. The number of hydrogen-bond donors (Lipinski definition) is 0. The van der Waals surface area contributed by atoms with Gasteiger partial charge in [0.2, 0.25) is 0 Å². The van der Waals surface area contributed by atoms with Gasteiger partial charge in [0, 0.05) is 5.56 Å². The second kappa shape index (κ2) is 12.0. The standard InChI is InChI=1S/C31H30O5/c1-2-18-33-31-26-19-27(25-16-10-5-11-17-25)35-29(26)30(34-21-24-14-8-4-9-15-24)28(36-31)22-32-20-23-12-6-3-7-13-23/h2-17,19,28,30-31H,1,18,20-22H2/t28-,30+,31+/m1/s1. The lowest BCUT2D eigenvalue weighted by molar-refractivity contribution is -0.232. The fourth-order valence-electron chi connectivity index (χ4n) is 4.26. The molecule has 0 spiro atoms. The van der Waals surface area contributed by atoms with Crippen molar-refractivity contribution in [2.24, 2.45) is 0 Å². The summed E-state index contributed by atoms with van der Waals surface area (Å²) < 4.78 is 31.4. The highest BCUT2D eigenvalue weighted by Crippen LogP contribution is 2.43. The van der Waals surface area contributed by atoms with E-state index in [0.717, 1.165) is 28.0 Å². The third kappa shape index (κ3) is 5.83. The molecule has 3 aromatic carbocycles. The molecule has 0 aliphatic carbocycles. The van der Waals surface area contributed by atoms with E-state index in [0.29, 0.717) is 32.2 Å². The van der Waals surface area contributed by atoms with Crippen molar-refractivity contribution in [2.75, 3.05) is 13.2 Å². The molecule has 0 radical (unpaired) electrons. The van der Waals surface area contributed by atoms with Crippen LogP contribution in [0.2, 0.25) is 0 Å². The first kappa shape index (κ1) is 24.2. The quantitative estimate of drug-likeness (QED) is 0.215. The molecule has 0 saturated carbocycles. The van der Waals surface area contributed by atoms with Crippen LogP contribution < -0.4 is 0 Å². The Labute approximate surface area is 211 Å². The van der Waals surface area contributed by atoms with Crippen molar-refractivity contribution in [2.45, 2.75) is 31.7 Å². The highest BCUT2D eigenvalue weighted by atomic mass is 16.7. The first-order valence-electron chi connectivity index (χ1n) is 12.2. The van der Waals surface area contributed by atoms with Crippen LogP contribution in [0.1, 0.15) is 34.8 Å². The van der Waals surface area contributed by atoms with Gasteiger partial charge in [-0.25, -0.2) is 0 Å². The number of hydrogen-bond acceptors (Lipinski definition) is 5. The first-order valence-corrected chi connectivity index (χ1v) is 12.2. The van der Waals surface area contributed by atoms with Crippen molar-refractivity contribution >= 4 is 0 Å². The SMILES string of the molecule is C=CCO[C@H]1O[C@H](COCc2ccccc2)[C@H](OCc2ccccc2)c2oc(-c3ccccc3)cc21. The Morgan fingerprint density at radius 1 is 0.778 bits per heavy atom. The summed E-state index contributed by atoms with van der Waals surface area (Å²) in [5.74, 6) is 1.45. The van der Waals surface area contributed by atoms with Crippen LogP contribution in [0.5, 0.6) is 0 Å². The summed E-state index contributed by atoms with van der Waals surface area (Å²) in [6, 6.07) is 32.1. The molecule has 0 bridgehead atoms. The molecule has 1 aromatic heterocycles. The lowest BCUT2D eigenvalue weighted by atomic mass is 10.0.